The smallest absolute Gasteiger partial charge is 0.295 e. The fraction of sp³-hybridized carbons (Fsp3) is 0.467. The van der Waals surface area contributed by atoms with Crippen LogP contribution in [0.1, 0.15) is 69.3 Å². The van der Waals surface area contributed by atoms with E-state index in [9.17, 15) is 14.7 Å². The molecule has 6 nitrogen and oxygen atoms in total. The lowest BCUT2D eigenvalue weighted by Gasteiger charge is -2.26. The van der Waals surface area contributed by atoms with Crippen molar-refractivity contribution in [3.8, 4) is 5.75 Å². The van der Waals surface area contributed by atoms with Crippen molar-refractivity contribution < 1.29 is 24.2 Å². The van der Waals surface area contributed by atoms with E-state index in [0.29, 0.717) is 43.4 Å². The summed E-state index contributed by atoms with van der Waals surface area (Å²) in [6, 6.07) is 12.6. The Balaban J connectivity index is 2.08. The van der Waals surface area contributed by atoms with Crippen LogP contribution in [0.5, 0.6) is 5.75 Å². The Hall–Kier alpha value is -3.12. The van der Waals surface area contributed by atoms with Gasteiger partial charge in [0.25, 0.3) is 11.7 Å². The summed E-state index contributed by atoms with van der Waals surface area (Å²) in [5.74, 6) is -0.355. The lowest BCUT2D eigenvalue weighted by Crippen LogP contribution is -2.31. The minimum atomic E-state index is -0.674. The number of hydrogen-bond donors (Lipinski definition) is 1. The van der Waals surface area contributed by atoms with Crippen LogP contribution in [0.25, 0.3) is 5.76 Å². The Morgan fingerprint density at radius 2 is 1.75 bits per heavy atom. The standard InChI is InChI=1S/C30H39NO5/c1-19(2)18-36-23-13-14-24(20(3)17-23)27(32)25-26(21-9-11-22(12-10-21)30(4,5)6)31(15-8-16-35-7)29(34)28(25)33/h9-14,17,19,26,32H,8,15-16,18H2,1-7H3/t26-/m1/s1. The highest BCUT2D eigenvalue weighted by Gasteiger charge is 2.46. The topological polar surface area (TPSA) is 76.1 Å². The largest absolute Gasteiger partial charge is 0.507 e. The summed E-state index contributed by atoms with van der Waals surface area (Å²) in [7, 11) is 1.61. The maximum absolute atomic E-state index is 13.3. The van der Waals surface area contributed by atoms with Gasteiger partial charge in [0.1, 0.15) is 11.5 Å². The molecule has 0 aromatic heterocycles. The molecule has 0 bridgehead atoms. The molecule has 3 rings (SSSR count). The first-order valence-corrected chi connectivity index (χ1v) is 12.6. The number of ketones is 1. The van der Waals surface area contributed by atoms with Crippen LogP contribution in [0.15, 0.2) is 48.0 Å². The van der Waals surface area contributed by atoms with Crippen LogP contribution in [0, 0.1) is 12.8 Å². The van der Waals surface area contributed by atoms with Gasteiger partial charge in [0.15, 0.2) is 0 Å². The second kappa shape index (κ2) is 11.3. The lowest BCUT2D eigenvalue weighted by molar-refractivity contribution is -0.140. The van der Waals surface area contributed by atoms with E-state index in [-0.39, 0.29) is 16.7 Å². The van der Waals surface area contributed by atoms with Gasteiger partial charge in [-0.2, -0.15) is 0 Å². The van der Waals surface area contributed by atoms with Crippen LogP contribution < -0.4 is 4.74 Å². The van der Waals surface area contributed by atoms with Crippen LogP contribution in [0.4, 0.5) is 0 Å². The second-order valence-corrected chi connectivity index (χ2v) is 10.9. The van der Waals surface area contributed by atoms with Crippen molar-refractivity contribution in [2.75, 3.05) is 26.9 Å². The highest BCUT2D eigenvalue weighted by atomic mass is 16.5. The molecule has 0 saturated carbocycles. The van der Waals surface area contributed by atoms with Gasteiger partial charge in [-0.1, -0.05) is 58.9 Å². The molecule has 1 aliphatic heterocycles. The van der Waals surface area contributed by atoms with Gasteiger partial charge < -0.3 is 19.5 Å². The summed E-state index contributed by atoms with van der Waals surface area (Å²) in [5.41, 5.74) is 3.29. The molecule has 0 unspecified atom stereocenters. The monoisotopic (exact) mass is 493 g/mol. The van der Waals surface area contributed by atoms with Crippen LogP contribution in [-0.4, -0.2) is 48.6 Å². The average Bonchev–Trinajstić information content (AvgIpc) is 3.07. The molecule has 1 atom stereocenters. The Morgan fingerprint density at radius 3 is 2.31 bits per heavy atom. The Morgan fingerprint density at radius 1 is 1.08 bits per heavy atom. The first kappa shape index (κ1) is 27.5. The van der Waals surface area contributed by atoms with E-state index in [1.807, 2.05) is 37.3 Å². The average molecular weight is 494 g/mol. The summed E-state index contributed by atoms with van der Waals surface area (Å²) in [4.78, 5) is 27.9. The van der Waals surface area contributed by atoms with Gasteiger partial charge in [-0.05, 0) is 59.6 Å². The van der Waals surface area contributed by atoms with Crippen molar-refractivity contribution >= 4 is 17.4 Å². The highest BCUT2D eigenvalue weighted by Crippen LogP contribution is 2.40. The molecule has 1 saturated heterocycles. The van der Waals surface area contributed by atoms with Crippen LogP contribution in [0.2, 0.25) is 0 Å². The minimum absolute atomic E-state index is 0.0324. The Kier molecular flexibility index (Phi) is 8.62. The zero-order valence-electron chi connectivity index (χ0n) is 22.6. The molecule has 36 heavy (non-hydrogen) atoms. The minimum Gasteiger partial charge on any atom is -0.507 e. The number of aliphatic hydroxyl groups is 1. The third-order valence-electron chi connectivity index (χ3n) is 6.42. The zero-order valence-corrected chi connectivity index (χ0v) is 22.6. The quantitative estimate of drug-likeness (QED) is 0.207. The molecule has 2 aromatic carbocycles. The van der Waals surface area contributed by atoms with E-state index in [2.05, 4.69) is 34.6 Å². The van der Waals surface area contributed by atoms with E-state index in [4.69, 9.17) is 9.47 Å². The fourth-order valence-electron chi connectivity index (χ4n) is 4.40. The third kappa shape index (κ3) is 5.98. The molecular formula is C30H39NO5. The first-order chi connectivity index (χ1) is 17.0. The van der Waals surface area contributed by atoms with Crippen molar-refractivity contribution in [3.63, 3.8) is 0 Å². The molecule has 1 heterocycles. The molecule has 0 spiro atoms. The maximum atomic E-state index is 13.3. The number of aliphatic hydroxyl groups excluding tert-OH is 1. The zero-order chi connectivity index (χ0) is 26.6. The molecule has 6 heteroatoms. The summed E-state index contributed by atoms with van der Waals surface area (Å²) < 4.78 is 11.0. The summed E-state index contributed by atoms with van der Waals surface area (Å²) in [6.45, 7) is 13.8. The number of ether oxygens (including phenoxy) is 2. The van der Waals surface area contributed by atoms with Gasteiger partial charge in [0.05, 0.1) is 18.2 Å². The van der Waals surface area contributed by atoms with E-state index in [0.717, 1.165) is 16.7 Å². The van der Waals surface area contributed by atoms with Crippen molar-refractivity contribution in [1.82, 2.24) is 4.90 Å². The summed E-state index contributed by atoms with van der Waals surface area (Å²) in [5, 5.41) is 11.4. The molecule has 1 fully saturated rings. The normalized spacial score (nSPS) is 17.8. The van der Waals surface area contributed by atoms with Crippen molar-refractivity contribution in [2.45, 2.75) is 59.4 Å². The molecule has 2 aromatic rings. The van der Waals surface area contributed by atoms with Gasteiger partial charge in [-0.3, -0.25) is 9.59 Å². The first-order valence-electron chi connectivity index (χ1n) is 12.6. The maximum Gasteiger partial charge on any atom is 0.295 e. The van der Waals surface area contributed by atoms with Gasteiger partial charge >= 0.3 is 0 Å². The number of benzene rings is 2. The lowest BCUT2D eigenvalue weighted by atomic mass is 9.85. The molecular weight excluding hydrogens is 454 g/mol. The number of amides is 1. The number of carbonyl (C=O) groups excluding carboxylic acids is 2. The molecule has 1 aliphatic rings. The Labute approximate surface area is 214 Å². The van der Waals surface area contributed by atoms with Crippen molar-refractivity contribution in [1.29, 1.82) is 0 Å². The number of aryl methyl sites for hydroxylation is 1. The summed E-state index contributed by atoms with van der Waals surface area (Å²) in [6.07, 6.45) is 0.584. The van der Waals surface area contributed by atoms with E-state index in [1.54, 1.807) is 24.1 Å². The number of rotatable bonds is 9. The van der Waals surface area contributed by atoms with Crippen LogP contribution in [-0.2, 0) is 19.7 Å². The predicted octanol–water partition coefficient (Wildman–Crippen LogP) is 5.79. The molecule has 0 radical (unpaired) electrons. The summed E-state index contributed by atoms with van der Waals surface area (Å²) >= 11 is 0. The van der Waals surface area contributed by atoms with E-state index >= 15 is 0 Å². The van der Waals surface area contributed by atoms with Crippen LogP contribution in [0.3, 0.4) is 0 Å². The second-order valence-electron chi connectivity index (χ2n) is 10.9. The predicted molar refractivity (Wildman–Crippen MR) is 142 cm³/mol. The van der Waals surface area contributed by atoms with Gasteiger partial charge in [0, 0.05) is 25.8 Å². The van der Waals surface area contributed by atoms with Gasteiger partial charge in [0.2, 0.25) is 0 Å². The van der Waals surface area contributed by atoms with Crippen molar-refractivity contribution in [2.24, 2.45) is 5.92 Å². The Bertz CT molecular complexity index is 1130. The van der Waals surface area contributed by atoms with Gasteiger partial charge in [-0.15, -0.1) is 0 Å². The highest BCUT2D eigenvalue weighted by molar-refractivity contribution is 6.46. The van der Waals surface area contributed by atoms with E-state index in [1.165, 1.54) is 0 Å². The number of methoxy groups -OCH3 is 1. The molecule has 0 aliphatic carbocycles. The fourth-order valence-corrected chi connectivity index (χ4v) is 4.40. The number of Topliss-reactive ketones (excluding diaryl/α,β-unsaturated/α-hetero) is 1. The van der Waals surface area contributed by atoms with E-state index < -0.39 is 17.7 Å². The van der Waals surface area contributed by atoms with Crippen molar-refractivity contribution in [3.05, 3.63) is 70.3 Å². The number of likely N-dealkylation sites (tertiary alicyclic amines) is 1. The third-order valence-corrected chi connectivity index (χ3v) is 6.42. The molecule has 1 amide bonds. The van der Waals surface area contributed by atoms with Gasteiger partial charge in [-0.25, -0.2) is 0 Å². The van der Waals surface area contributed by atoms with Crippen LogP contribution >= 0.6 is 0 Å². The molecule has 1 N–H and O–H groups in total. The molecule has 194 valence electrons. The number of nitrogens with zero attached hydrogens (tertiary/aromatic N) is 1. The number of hydrogen-bond acceptors (Lipinski definition) is 5. The number of carbonyl (C=O) groups is 2. The SMILES string of the molecule is COCCCN1C(=O)C(=O)C(=C(O)c2ccc(OCC(C)C)cc2C)[C@H]1c1ccc(C(C)(C)C)cc1.